The summed E-state index contributed by atoms with van der Waals surface area (Å²) in [7, 11) is 0. The number of aliphatic hydroxyl groups excluding tert-OH is 5. The van der Waals surface area contributed by atoms with Crippen LogP contribution in [0.25, 0.3) is 0 Å². The van der Waals surface area contributed by atoms with Gasteiger partial charge in [-0.05, 0) is 19.4 Å². The predicted octanol–water partition coefficient (Wildman–Crippen LogP) is -2.05. The first-order chi connectivity index (χ1) is 10.9. The second-order valence-corrected chi connectivity index (χ2v) is 6.05. The van der Waals surface area contributed by atoms with E-state index >= 15 is 0 Å². The van der Waals surface area contributed by atoms with Gasteiger partial charge in [-0.25, -0.2) is 0 Å². The Hall–Kier alpha value is -0.870. The number of ether oxygens (including phenoxy) is 2. The summed E-state index contributed by atoms with van der Waals surface area (Å²) in [5.74, 6) is -0.703. The molecule has 0 aromatic carbocycles. The molecule has 5 N–H and O–H groups in total. The summed E-state index contributed by atoms with van der Waals surface area (Å²) in [6.07, 6.45) is -4.83. The molecule has 0 bridgehead atoms. The fourth-order valence-corrected chi connectivity index (χ4v) is 3.09. The number of rotatable bonds is 6. The van der Waals surface area contributed by atoms with E-state index in [2.05, 4.69) is 0 Å². The number of aliphatic hydroxyl groups is 5. The highest BCUT2D eigenvalue weighted by atomic mass is 16.7. The van der Waals surface area contributed by atoms with Crippen LogP contribution in [-0.4, -0.2) is 81.8 Å². The van der Waals surface area contributed by atoms with E-state index in [1.807, 2.05) is 0 Å². The third-order valence-electron chi connectivity index (χ3n) is 4.53. The fourth-order valence-electron chi connectivity index (χ4n) is 3.09. The Morgan fingerprint density at radius 2 is 1.83 bits per heavy atom. The van der Waals surface area contributed by atoms with Crippen LogP contribution in [0.2, 0.25) is 0 Å². The van der Waals surface area contributed by atoms with E-state index in [-0.39, 0.29) is 30.8 Å². The van der Waals surface area contributed by atoms with Crippen LogP contribution in [-0.2, 0) is 14.3 Å². The molecule has 1 unspecified atom stereocenters. The van der Waals surface area contributed by atoms with E-state index in [0.29, 0.717) is 6.42 Å². The maximum Gasteiger partial charge on any atom is 0.186 e. The summed E-state index contributed by atoms with van der Waals surface area (Å²) in [4.78, 5) is 11.9. The second kappa shape index (κ2) is 7.80. The van der Waals surface area contributed by atoms with Gasteiger partial charge in [-0.15, -0.1) is 0 Å². The Balaban J connectivity index is 1.99. The largest absolute Gasteiger partial charge is 0.396 e. The van der Waals surface area contributed by atoms with Crippen molar-refractivity contribution in [3.8, 4) is 0 Å². The summed E-state index contributed by atoms with van der Waals surface area (Å²) in [5.41, 5.74) is 0.818. The van der Waals surface area contributed by atoms with Crippen molar-refractivity contribution in [2.45, 2.75) is 44.1 Å². The summed E-state index contributed by atoms with van der Waals surface area (Å²) in [5, 5.41) is 47.6. The zero-order valence-electron chi connectivity index (χ0n) is 12.9. The summed E-state index contributed by atoms with van der Waals surface area (Å²) >= 11 is 0. The molecule has 8 nitrogen and oxygen atoms in total. The number of allylic oxidation sites excluding steroid dienone is 1. The summed E-state index contributed by atoms with van der Waals surface area (Å²) in [6.45, 7) is 1.20. The van der Waals surface area contributed by atoms with Gasteiger partial charge < -0.3 is 35.0 Å². The van der Waals surface area contributed by atoms with Crippen LogP contribution in [0.5, 0.6) is 0 Å². The Kier molecular flexibility index (Phi) is 6.26. The van der Waals surface area contributed by atoms with E-state index in [1.165, 1.54) is 6.08 Å². The lowest BCUT2D eigenvalue weighted by Gasteiger charge is -2.40. The molecule has 8 heteroatoms. The number of carbonyl (C=O) groups is 1. The van der Waals surface area contributed by atoms with Gasteiger partial charge in [-0.3, -0.25) is 4.79 Å². The minimum absolute atomic E-state index is 0.0570. The number of hydrogen-bond donors (Lipinski definition) is 5. The maximum atomic E-state index is 11.9. The third kappa shape index (κ3) is 3.80. The lowest BCUT2D eigenvalue weighted by molar-refractivity contribution is -0.303. The Morgan fingerprint density at radius 1 is 1.13 bits per heavy atom. The quantitative estimate of drug-likeness (QED) is 0.375. The van der Waals surface area contributed by atoms with E-state index in [9.17, 15) is 20.1 Å². The van der Waals surface area contributed by atoms with E-state index in [4.69, 9.17) is 19.7 Å². The van der Waals surface area contributed by atoms with Gasteiger partial charge in [0.05, 0.1) is 13.2 Å². The molecule has 1 heterocycles. The highest BCUT2D eigenvalue weighted by Gasteiger charge is 2.44. The molecule has 0 aromatic heterocycles. The molecule has 0 amide bonds. The van der Waals surface area contributed by atoms with Crippen LogP contribution in [0.1, 0.15) is 13.3 Å². The van der Waals surface area contributed by atoms with Gasteiger partial charge in [0, 0.05) is 18.4 Å². The van der Waals surface area contributed by atoms with Crippen LogP contribution in [0.15, 0.2) is 11.6 Å². The van der Waals surface area contributed by atoms with Gasteiger partial charge >= 0.3 is 0 Å². The molecule has 7 atom stereocenters. The normalized spacial score (nSPS) is 41.2. The van der Waals surface area contributed by atoms with Gasteiger partial charge in [0.15, 0.2) is 12.1 Å². The Labute approximate surface area is 134 Å². The minimum atomic E-state index is -1.50. The van der Waals surface area contributed by atoms with Gasteiger partial charge in [0.25, 0.3) is 0 Å². The average Bonchev–Trinajstić information content (AvgIpc) is 2.79. The standard InChI is InChI=1S/C15H24O8/c1-7-4-10(18)8(2-3-16)9(7)6-22-15-14(21)13(20)12(19)11(5-17)23-15/h4,8-9,11-17,19-21H,2-3,5-6H2,1H3/t8-,9-,11-,12-,13+,14-,15?/m1/s1. The van der Waals surface area contributed by atoms with Gasteiger partial charge in [-0.2, -0.15) is 0 Å². The van der Waals surface area contributed by atoms with Gasteiger partial charge in [-0.1, -0.05) is 5.57 Å². The van der Waals surface area contributed by atoms with E-state index in [1.54, 1.807) is 6.92 Å². The SMILES string of the molecule is CC1=CC(=O)[C@H](CCO)[C@@H]1COC1O[C@H](CO)[C@@H](O)[C@H](O)[C@H]1O. The fraction of sp³-hybridized carbons (Fsp3) is 0.800. The number of hydrogen-bond acceptors (Lipinski definition) is 8. The summed E-state index contributed by atoms with van der Waals surface area (Å²) < 4.78 is 10.8. The lowest BCUT2D eigenvalue weighted by atomic mass is 9.89. The second-order valence-electron chi connectivity index (χ2n) is 6.05. The average molecular weight is 332 g/mol. The van der Waals surface area contributed by atoms with Crippen molar-refractivity contribution >= 4 is 5.78 Å². The predicted molar refractivity (Wildman–Crippen MR) is 77.2 cm³/mol. The molecular weight excluding hydrogens is 308 g/mol. The van der Waals surface area contributed by atoms with Crippen molar-refractivity contribution in [1.29, 1.82) is 0 Å². The lowest BCUT2D eigenvalue weighted by Crippen LogP contribution is -2.59. The first-order valence-electron chi connectivity index (χ1n) is 7.65. The molecule has 2 rings (SSSR count). The number of ketones is 1. The molecular formula is C15H24O8. The molecule has 0 saturated carbocycles. The van der Waals surface area contributed by atoms with Crippen molar-refractivity contribution in [1.82, 2.24) is 0 Å². The molecule has 1 fully saturated rings. The van der Waals surface area contributed by atoms with Crippen LogP contribution < -0.4 is 0 Å². The maximum absolute atomic E-state index is 11.9. The molecule has 1 saturated heterocycles. The molecule has 0 aromatic rings. The zero-order valence-corrected chi connectivity index (χ0v) is 12.9. The molecule has 1 aliphatic carbocycles. The Morgan fingerprint density at radius 3 is 2.43 bits per heavy atom. The van der Waals surface area contributed by atoms with Crippen molar-refractivity contribution in [2.75, 3.05) is 19.8 Å². The van der Waals surface area contributed by atoms with Crippen LogP contribution >= 0.6 is 0 Å². The smallest absolute Gasteiger partial charge is 0.186 e. The third-order valence-corrected chi connectivity index (χ3v) is 4.53. The van der Waals surface area contributed by atoms with Crippen molar-refractivity contribution in [3.63, 3.8) is 0 Å². The van der Waals surface area contributed by atoms with Gasteiger partial charge in [0.2, 0.25) is 0 Å². The van der Waals surface area contributed by atoms with Crippen LogP contribution in [0, 0.1) is 11.8 Å². The number of carbonyl (C=O) groups excluding carboxylic acids is 1. The van der Waals surface area contributed by atoms with Crippen molar-refractivity contribution in [2.24, 2.45) is 11.8 Å². The van der Waals surface area contributed by atoms with Crippen molar-refractivity contribution < 1.29 is 39.8 Å². The summed E-state index contributed by atoms with van der Waals surface area (Å²) in [6, 6.07) is 0. The zero-order chi connectivity index (χ0) is 17.1. The van der Waals surface area contributed by atoms with Crippen molar-refractivity contribution in [3.05, 3.63) is 11.6 Å². The first kappa shape index (κ1) is 18.5. The Bertz CT molecular complexity index is 449. The van der Waals surface area contributed by atoms with E-state index in [0.717, 1.165) is 5.57 Å². The van der Waals surface area contributed by atoms with Crippen LogP contribution in [0.3, 0.4) is 0 Å². The molecule has 23 heavy (non-hydrogen) atoms. The highest BCUT2D eigenvalue weighted by molar-refractivity contribution is 5.95. The molecule has 132 valence electrons. The highest BCUT2D eigenvalue weighted by Crippen LogP contribution is 2.33. The first-order valence-corrected chi connectivity index (χ1v) is 7.65. The minimum Gasteiger partial charge on any atom is -0.396 e. The molecule has 0 radical (unpaired) electrons. The molecule has 0 spiro atoms. The molecule has 1 aliphatic heterocycles. The topological polar surface area (TPSA) is 137 Å². The molecule has 2 aliphatic rings. The van der Waals surface area contributed by atoms with Gasteiger partial charge in [0.1, 0.15) is 24.4 Å². The van der Waals surface area contributed by atoms with Crippen LogP contribution in [0.4, 0.5) is 0 Å². The monoisotopic (exact) mass is 332 g/mol. The van der Waals surface area contributed by atoms with E-state index < -0.39 is 37.3 Å².